The Kier molecular flexibility index (Phi) is 12.2. The molecular formula is C108H68N12O5S+6. The normalized spacial score (nSPS) is 17.4. The molecule has 126 heavy (non-hydrogen) atoms. The molecule has 9 aromatic heterocycles. The Hall–Kier alpha value is -16.3. The zero-order valence-corrected chi connectivity index (χ0v) is 68.7. The highest BCUT2D eigenvalue weighted by molar-refractivity contribution is 7.92. The molecule has 0 radical (unpaired) electrons. The lowest BCUT2D eigenvalue weighted by atomic mass is 9.81. The maximum absolute atomic E-state index is 13.8. The van der Waals surface area contributed by atoms with Crippen LogP contribution in [0.25, 0.3) is 144 Å². The van der Waals surface area contributed by atoms with Crippen molar-refractivity contribution in [3.8, 4) is 114 Å². The lowest BCUT2D eigenvalue weighted by Gasteiger charge is -2.33. The maximum Gasteiger partial charge on any atom is 0.397 e. The monoisotopic (exact) mass is 1640 g/mol. The molecule has 0 fully saturated rings. The standard InChI is InChI=1S/C40H24N4O3S.C35H24N4O.C33H20N4O/c1-23-21-31-37-39(35(23)24-14-15-27-26-10-3-5-12-32(26)48(45,46)33(27)22-24)42-19-8-20-43(42)40(37)36-30(47-31)17-16-28-25-9-2-4-11-29(25)44(38(28)36)34-13-6-7-18-41(34)40;1-21-9-7-10-22(2)30(21)25-14-16-27-31-34(25)40-28-17-15-24-23-11-3-4-12-26(23)39-29-13-5-6-18-36(29)35(31,32(28)33(24)39)38-20-8-19-37(27)38;1-2-9-21(10-3-1)22-19-26-30-28(20-22)38-27-15-14-24-23-11-4-5-12-25(23)37-29-13-6-7-16-34(29)33(30,31(27)32(24)37)36-18-8-17-35(26)36/h2-22H,1H3;3-20H,1-2H3;1-20H/q3*+2. The summed E-state index contributed by atoms with van der Waals surface area (Å²) in [5.41, 5.74) is 26.7. The van der Waals surface area contributed by atoms with Gasteiger partial charge in [-0.25, -0.2) is 8.42 Å². The third kappa shape index (κ3) is 7.60. The van der Waals surface area contributed by atoms with Crippen LogP contribution in [0.1, 0.15) is 50.1 Å². The highest BCUT2D eigenvalue weighted by Gasteiger charge is 2.72. The molecule has 590 valence electrons. The summed E-state index contributed by atoms with van der Waals surface area (Å²) < 4.78 is 76.9. The van der Waals surface area contributed by atoms with Crippen LogP contribution in [-0.2, 0) is 26.8 Å². The summed E-state index contributed by atoms with van der Waals surface area (Å²) in [5.74, 6) is 8.57. The number of hydrogen-bond acceptors (Lipinski definition) is 5. The molecule has 0 amide bonds. The second-order valence-electron chi connectivity index (χ2n) is 34.5. The lowest BCUT2D eigenvalue weighted by molar-refractivity contribution is -0.993. The van der Waals surface area contributed by atoms with Crippen LogP contribution in [-0.4, -0.2) is 36.2 Å². The largest absolute Gasteiger partial charge is 0.456 e. The maximum atomic E-state index is 13.8. The van der Waals surface area contributed by atoms with Crippen molar-refractivity contribution in [2.24, 2.45) is 0 Å². The number of benzene rings is 13. The van der Waals surface area contributed by atoms with Crippen LogP contribution >= 0.6 is 0 Å². The van der Waals surface area contributed by atoms with Gasteiger partial charge in [0.2, 0.25) is 28.4 Å². The molecule has 0 N–H and O–H groups in total. The molecule has 0 bridgehead atoms. The van der Waals surface area contributed by atoms with Crippen LogP contribution in [0.4, 0.5) is 0 Å². The van der Waals surface area contributed by atoms with Gasteiger partial charge in [0.1, 0.15) is 67.9 Å². The van der Waals surface area contributed by atoms with Gasteiger partial charge >= 0.3 is 17.0 Å². The van der Waals surface area contributed by atoms with Gasteiger partial charge in [0.25, 0.3) is 17.5 Å². The summed E-state index contributed by atoms with van der Waals surface area (Å²) in [6, 6.07) is 106. The van der Waals surface area contributed by atoms with Gasteiger partial charge in [-0.1, -0.05) is 148 Å². The molecular weight excluding hydrogens is 1580 g/mol. The number of nitrogens with zero attached hydrogens (tertiary/aromatic N) is 12. The molecule has 18 heteroatoms. The predicted octanol–water partition coefficient (Wildman–Crippen LogP) is 19.3. The second-order valence-corrected chi connectivity index (χ2v) is 36.4. The Morgan fingerprint density at radius 1 is 0.294 bits per heavy atom. The average molecular weight is 1650 g/mol. The van der Waals surface area contributed by atoms with Crippen molar-refractivity contribution in [2.45, 2.75) is 47.6 Å². The molecule has 3 atom stereocenters. The third-order valence-electron chi connectivity index (χ3n) is 28.7. The number of ether oxygens (including phenoxy) is 3. The highest BCUT2D eigenvalue weighted by Crippen LogP contribution is 2.62. The van der Waals surface area contributed by atoms with E-state index in [1.165, 1.54) is 98.9 Å². The number of rotatable bonds is 3. The summed E-state index contributed by atoms with van der Waals surface area (Å²) in [5, 5.41) is 7.36. The van der Waals surface area contributed by atoms with Gasteiger partial charge in [-0.3, -0.25) is 0 Å². The van der Waals surface area contributed by atoms with Crippen LogP contribution in [0.3, 0.4) is 0 Å². The first-order valence-electron chi connectivity index (χ1n) is 42.8. The number of pyridine rings is 3. The van der Waals surface area contributed by atoms with E-state index >= 15 is 0 Å². The molecule has 10 aliphatic heterocycles. The molecule has 0 aliphatic carbocycles. The van der Waals surface area contributed by atoms with Crippen LogP contribution in [0, 0.1) is 20.8 Å². The van der Waals surface area contributed by atoms with Crippen molar-refractivity contribution in [2.75, 3.05) is 0 Å². The Morgan fingerprint density at radius 3 is 1.34 bits per heavy atom. The first-order valence-corrected chi connectivity index (χ1v) is 44.3. The molecule has 10 aliphatic rings. The number of aryl methyl sites for hydroxylation is 3. The molecule has 0 saturated heterocycles. The zero-order valence-electron chi connectivity index (χ0n) is 67.9. The molecule has 17 nitrogen and oxygen atoms in total. The summed E-state index contributed by atoms with van der Waals surface area (Å²) >= 11 is 0. The summed E-state index contributed by atoms with van der Waals surface area (Å²) in [4.78, 5) is 0.717. The van der Waals surface area contributed by atoms with Crippen molar-refractivity contribution < 1.29 is 50.4 Å². The summed E-state index contributed by atoms with van der Waals surface area (Å²) in [6.45, 7) is 6.47. The van der Waals surface area contributed by atoms with E-state index < -0.39 is 26.8 Å². The Morgan fingerprint density at radius 2 is 0.762 bits per heavy atom. The predicted molar refractivity (Wildman–Crippen MR) is 477 cm³/mol. The minimum atomic E-state index is -3.65. The number of fused-ring (bicyclic) bond motifs is 24. The van der Waals surface area contributed by atoms with Crippen LogP contribution < -0.4 is 42.0 Å². The van der Waals surface area contributed by atoms with Gasteiger partial charge in [0.05, 0.1) is 47.0 Å². The minimum Gasteiger partial charge on any atom is -0.456 e. The van der Waals surface area contributed by atoms with Crippen LogP contribution in [0.5, 0.6) is 34.5 Å². The van der Waals surface area contributed by atoms with Crippen LogP contribution in [0.15, 0.2) is 369 Å². The van der Waals surface area contributed by atoms with E-state index in [0.29, 0.717) is 9.79 Å². The van der Waals surface area contributed by atoms with Crippen LogP contribution in [0.2, 0.25) is 0 Å². The fourth-order valence-electron chi connectivity index (χ4n) is 24.2. The van der Waals surface area contributed by atoms with Crippen molar-refractivity contribution in [3.05, 3.63) is 409 Å². The second kappa shape index (κ2) is 22.9. The molecule has 13 aromatic carbocycles. The molecule has 19 heterocycles. The molecule has 0 saturated carbocycles. The molecule has 32 rings (SSSR count). The number of hydrogen-bond donors (Lipinski definition) is 0. The van der Waals surface area contributed by atoms with E-state index in [-0.39, 0.29) is 0 Å². The van der Waals surface area contributed by atoms with E-state index in [1.807, 2.05) is 24.3 Å². The topological polar surface area (TPSA) is 115 Å². The van der Waals surface area contributed by atoms with E-state index in [2.05, 4.69) is 399 Å². The van der Waals surface area contributed by atoms with Crippen molar-refractivity contribution in [3.63, 3.8) is 0 Å². The SMILES string of the molecule is Cc1cc2c3c(c1-c1ccc4c(c1)S(=O)(=O)c1ccccc1-4)-n1ccc[n+]1C31c3c(ccc4c5ccccc5n(c34)-c3cccc[n+]31)O2.Cc1cccc(C)c1-c1ccc2c3c1Oc1ccc4c5ccccc5n5c4c1C3([n+]1ccccc1-5)[n+]1cccn1-2.c1ccc(-c2cc3c4c(c2)-n2ccc[n+]2C42c4c(ccc5c6ccccc6n(c45)-c4cccc[n+]42)O3)cc1. The van der Waals surface area contributed by atoms with Crippen molar-refractivity contribution in [1.29, 1.82) is 0 Å². The van der Waals surface area contributed by atoms with Gasteiger partial charge in [-0.05, 0) is 193 Å². The summed E-state index contributed by atoms with van der Waals surface area (Å²) in [6.07, 6.45) is 19.6. The fraction of sp³-hybridized carbons (Fsp3) is 0.0556. The van der Waals surface area contributed by atoms with E-state index in [9.17, 15) is 8.42 Å². The van der Waals surface area contributed by atoms with Gasteiger partial charge in [-0.15, -0.1) is 14.0 Å². The van der Waals surface area contributed by atoms with E-state index in [1.54, 1.807) is 12.1 Å². The first-order chi connectivity index (χ1) is 62.0. The Labute approximate surface area is 718 Å². The van der Waals surface area contributed by atoms with Gasteiger partial charge < -0.3 is 14.2 Å². The first kappa shape index (κ1) is 67.4. The zero-order chi connectivity index (χ0) is 82.6. The number of aromatic nitrogens is 12. The highest BCUT2D eigenvalue weighted by atomic mass is 32.2. The number of para-hydroxylation sites is 3. The Bertz CT molecular complexity index is 9050. The fourth-order valence-corrected chi connectivity index (χ4v) is 25.9. The number of sulfone groups is 1. The smallest absolute Gasteiger partial charge is 0.397 e. The van der Waals surface area contributed by atoms with E-state index in [0.717, 1.165) is 130 Å². The minimum absolute atomic E-state index is 0.351. The van der Waals surface area contributed by atoms with Gasteiger partial charge in [0.15, 0.2) is 50.1 Å². The van der Waals surface area contributed by atoms with Crippen molar-refractivity contribution >= 4 is 75.3 Å². The van der Waals surface area contributed by atoms with Gasteiger partial charge in [0, 0.05) is 91.0 Å². The third-order valence-corrected chi connectivity index (χ3v) is 30.6. The summed E-state index contributed by atoms with van der Waals surface area (Å²) in [7, 11) is -3.65. The van der Waals surface area contributed by atoms with Crippen molar-refractivity contribution in [1.82, 2.24) is 27.7 Å². The Balaban J connectivity index is 0.0000000930. The molecule has 22 aromatic rings. The van der Waals surface area contributed by atoms with Gasteiger partial charge in [-0.2, -0.15) is 27.4 Å². The molecule has 3 unspecified atom stereocenters. The quantitative estimate of drug-likeness (QED) is 0.163. The molecule has 3 spiro atoms. The van der Waals surface area contributed by atoms with E-state index in [4.69, 9.17) is 14.2 Å². The lowest BCUT2D eigenvalue weighted by Crippen LogP contribution is -2.76. The average Bonchev–Trinajstić information content (AvgIpc) is 1.47.